The highest BCUT2D eigenvalue weighted by atomic mass is 16.2. The Morgan fingerprint density at radius 2 is 2.45 bits per heavy atom. The Hall–Kier alpha value is -0.960. The first-order chi connectivity index (χ1) is 5.33. The summed E-state index contributed by atoms with van der Waals surface area (Å²) in [4.78, 5) is 10.5. The topological polar surface area (TPSA) is 29.4 Å². The number of hydrogen-bond acceptors (Lipinski definition) is 2. The Morgan fingerprint density at radius 1 is 1.64 bits per heavy atom. The highest BCUT2D eigenvalue weighted by Gasteiger charge is 2.27. The first kappa shape index (κ1) is 8.14. The Labute approximate surface area is 66.6 Å². The third-order valence-electron chi connectivity index (χ3n) is 1.70. The summed E-state index contributed by atoms with van der Waals surface area (Å²) >= 11 is 0. The first-order valence-corrected chi connectivity index (χ1v) is 3.83. The summed E-state index contributed by atoms with van der Waals surface area (Å²) in [5.41, 5.74) is 0. The van der Waals surface area contributed by atoms with Gasteiger partial charge in [-0.15, -0.1) is 0 Å². The predicted octanol–water partition coefficient (Wildman–Crippen LogP) is 1.18. The fourth-order valence-electron chi connectivity index (χ4n) is 1.01. The zero-order valence-corrected chi connectivity index (χ0v) is 6.66. The molecule has 0 bridgehead atoms. The van der Waals surface area contributed by atoms with E-state index in [-0.39, 0.29) is 4.59 Å². The van der Waals surface area contributed by atoms with Gasteiger partial charge in [0.2, 0.25) is 0 Å². The lowest BCUT2D eigenvalue weighted by atomic mass is 10.3. The first-order valence-electron chi connectivity index (χ1n) is 3.83. The summed E-state index contributed by atoms with van der Waals surface area (Å²) in [6, 6.07) is 0. The molecule has 0 fully saturated rings. The van der Waals surface area contributed by atoms with E-state index in [0.29, 0.717) is 0 Å². The number of hydrogen-bond donors (Lipinski definition) is 0. The molecular formula is C8H12N2O+. The Morgan fingerprint density at radius 3 is 2.91 bits per heavy atom. The largest absolute Gasteiger partial charge is 0.476 e. The number of rotatable bonds is 4. The van der Waals surface area contributed by atoms with Crippen molar-refractivity contribution >= 4 is 12.6 Å². The smallest absolute Gasteiger partial charge is 0.211 e. The number of amides is 1. The maximum absolute atomic E-state index is 10.5. The van der Waals surface area contributed by atoms with E-state index in [4.69, 9.17) is 0 Å². The van der Waals surface area contributed by atoms with Gasteiger partial charge in [0.1, 0.15) is 12.7 Å². The van der Waals surface area contributed by atoms with Crippen LogP contribution in [0.5, 0.6) is 0 Å². The van der Waals surface area contributed by atoms with Gasteiger partial charge in [0, 0.05) is 6.08 Å². The molecule has 1 amide bonds. The van der Waals surface area contributed by atoms with Crippen LogP contribution in [-0.2, 0) is 4.79 Å². The van der Waals surface area contributed by atoms with Gasteiger partial charge >= 0.3 is 6.41 Å². The van der Waals surface area contributed by atoms with Crippen LogP contribution in [0.3, 0.4) is 0 Å². The number of carbonyl (C=O) groups excluding carboxylic acids is 1. The van der Waals surface area contributed by atoms with E-state index in [0.717, 1.165) is 19.4 Å². The summed E-state index contributed by atoms with van der Waals surface area (Å²) in [6.45, 7) is 2.82. The van der Waals surface area contributed by atoms with E-state index in [1.54, 1.807) is 18.5 Å². The lowest BCUT2D eigenvalue weighted by Gasteiger charge is -2.14. The van der Waals surface area contributed by atoms with Gasteiger partial charge in [0.25, 0.3) is 0 Å². The van der Waals surface area contributed by atoms with Crippen molar-refractivity contribution in [2.75, 3.05) is 6.54 Å². The third-order valence-corrected chi connectivity index (χ3v) is 1.70. The van der Waals surface area contributed by atoms with E-state index in [1.807, 2.05) is 6.41 Å². The van der Waals surface area contributed by atoms with Gasteiger partial charge in [0.15, 0.2) is 0 Å². The Balaban J connectivity index is 2.54. The highest BCUT2D eigenvalue weighted by Crippen LogP contribution is 2.11. The van der Waals surface area contributed by atoms with Gasteiger partial charge in [0.05, 0.1) is 6.21 Å². The van der Waals surface area contributed by atoms with E-state index in [1.165, 1.54) is 0 Å². The summed E-state index contributed by atoms with van der Waals surface area (Å²) in [5.74, 6) is 0. The molecule has 3 nitrogen and oxygen atoms in total. The minimum absolute atomic E-state index is 0.00778. The molecule has 1 atom stereocenters. The summed E-state index contributed by atoms with van der Waals surface area (Å²) in [6.07, 6.45) is 9.16. The number of unbranched alkanes of at least 4 members (excludes halogenated alkanes) is 1. The fourth-order valence-corrected chi connectivity index (χ4v) is 1.01. The molecule has 0 spiro atoms. The van der Waals surface area contributed by atoms with Crippen LogP contribution in [0.15, 0.2) is 17.4 Å². The third kappa shape index (κ3) is 1.74. The van der Waals surface area contributed by atoms with Crippen LogP contribution in [-0.4, -0.2) is 23.8 Å². The van der Waals surface area contributed by atoms with Crippen LogP contribution < -0.4 is 0 Å². The van der Waals surface area contributed by atoms with Crippen molar-refractivity contribution in [1.29, 1.82) is 0 Å². The monoisotopic (exact) mass is 152 g/mol. The van der Waals surface area contributed by atoms with E-state index < -0.39 is 0 Å². The maximum Gasteiger partial charge on any atom is 0.476 e. The average Bonchev–Trinajstić information content (AvgIpc) is 2.50. The molecule has 0 saturated heterocycles. The molecule has 1 rings (SSSR count). The number of allylic oxidation sites excluding steroid dienone is 1. The molecule has 1 heterocycles. The lowest BCUT2D eigenvalue weighted by molar-refractivity contribution is -0.790. The number of nitrogens with zero attached hydrogens (tertiary/aromatic N) is 2. The quantitative estimate of drug-likeness (QED) is 0.556. The molecule has 3 heteroatoms. The summed E-state index contributed by atoms with van der Waals surface area (Å²) < 4.78 is 0.00778. The van der Waals surface area contributed by atoms with E-state index in [2.05, 4.69) is 12.0 Å². The lowest BCUT2D eigenvalue weighted by Crippen LogP contribution is -2.34. The van der Waals surface area contributed by atoms with Crippen molar-refractivity contribution in [2.24, 2.45) is 5.10 Å². The predicted molar refractivity (Wildman–Crippen MR) is 43.4 cm³/mol. The second kappa shape index (κ2) is 3.44. The van der Waals surface area contributed by atoms with Crippen LogP contribution in [0.1, 0.15) is 19.8 Å². The molecule has 1 unspecified atom stereocenters. The molecule has 0 N–H and O–H groups in total. The molecule has 59 valence electrons. The standard InChI is InChI=1S/C8H12N2O/c1-2-3-6-10(8-11)7-4-5-9-10/h4-5,7H,2-3,6H2,1H3/q+1. The molecule has 1 aliphatic rings. The van der Waals surface area contributed by atoms with Crippen molar-refractivity contribution in [2.45, 2.75) is 19.8 Å². The zero-order chi connectivity index (χ0) is 8.16. The van der Waals surface area contributed by atoms with Crippen LogP contribution in [0.4, 0.5) is 0 Å². The zero-order valence-electron chi connectivity index (χ0n) is 6.66. The fraction of sp³-hybridized carbons (Fsp3) is 0.500. The SMILES string of the molecule is CCCC[N+]1([C]=O)C=CC=N1. The minimum Gasteiger partial charge on any atom is -0.211 e. The second-order valence-electron chi connectivity index (χ2n) is 2.60. The molecule has 0 saturated carbocycles. The van der Waals surface area contributed by atoms with E-state index >= 15 is 0 Å². The summed E-state index contributed by atoms with van der Waals surface area (Å²) in [7, 11) is 0. The normalized spacial score (nSPS) is 27.7. The van der Waals surface area contributed by atoms with Gasteiger partial charge < -0.3 is 0 Å². The summed E-state index contributed by atoms with van der Waals surface area (Å²) in [5, 5.41) is 4.00. The molecular weight excluding hydrogens is 140 g/mol. The van der Waals surface area contributed by atoms with Crippen molar-refractivity contribution in [3.63, 3.8) is 0 Å². The van der Waals surface area contributed by atoms with Crippen molar-refractivity contribution in [3.05, 3.63) is 12.3 Å². The van der Waals surface area contributed by atoms with E-state index in [9.17, 15) is 4.79 Å². The van der Waals surface area contributed by atoms with Crippen molar-refractivity contribution in [1.82, 2.24) is 0 Å². The van der Waals surface area contributed by atoms with Crippen LogP contribution in [0, 0.1) is 0 Å². The van der Waals surface area contributed by atoms with Crippen molar-refractivity contribution < 1.29 is 9.39 Å². The van der Waals surface area contributed by atoms with Crippen LogP contribution >= 0.6 is 0 Å². The van der Waals surface area contributed by atoms with Gasteiger partial charge in [-0.1, -0.05) is 23.0 Å². The molecule has 0 aliphatic carbocycles. The molecule has 11 heavy (non-hydrogen) atoms. The van der Waals surface area contributed by atoms with Gasteiger partial charge in [-0.05, 0) is 6.42 Å². The minimum atomic E-state index is 0.00778. The molecule has 1 aliphatic heterocycles. The maximum atomic E-state index is 10.5. The van der Waals surface area contributed by atoms with Crippen LogP contribution in [0.2, 0.25) is 0 Å². The molecule has 0 aromatic heterocycles. The molecule has 0 aromatic carbocycles. The van der Waals surface area contributed by atoms with Gasteiger partial charge in [-0.2, -0.15) is 0 Å². The molecule has 1 radical (unpaired) electrons. The highest BCUT2D eigenvalue weighted by molar-refractivity contribution is 5.72. The van der Waals surface area contributed by atoms with Crippen molar-refractivity contribution in [3.8, 4) is 0 Å². The number of quaternary nitrogens is 1. The Kier molecular flexibility index (Phi) is 2.54. The molecule has 0 aromatic rings. The average molecular weight is 152 g/mol. The second-order valence-corrected chi connectivity index (χ2v) is 2.60. The van der Waals surface area contributed by atoms with Gasteiger partial charge in [-0.25, -0.2) is 4.79 Å². The van der Waals surface area contributed by atoms with Crippen LogP contribution in [0.25, 0.3) is 0 Å². The Bertz CT molecular complexity index is 184. The van der Waals surface area contributed by atoms with Gasteiger partial charge in [-0.3, -0.25) is 0 Å².